The van der Waals surface area contributed by atoms with Crippen molar-refractivity contribution in [2.45, 2.75) is 13.0 Å². The van der Waals surface area contributed by atoms with Crippen molar-refractivity contribution >= 4 is 23.2 Å². The molecule has 1 aliphatic heterocycles. The molecule has 168 valence electrons. The van der Waals surface area contributed by atoms with Gasteiger partial charge >= 0.3 is 0 Å². The lowest BCUT2D eigenvalue weighted by atomic mass is 10.2. The molecule has 3 heterocycles. The smallest absolute Gasteiger partial charge is 0.255 e. The van der Waals surface area contributed by atoms with Crippen LogP contribution in [0.2, 0.25) is 0 Å². The molecule has 2 aromatic heterocycles. The molecule has 0 saturated carbocycles. The first-order valence-corrected chi connectivity index (χ1v) is 11.3. The molecule has 32 heavy (non-hydrogen) atoms. The third-order valence-corrected chi connectivity index (χ3v) is 6.14. The molecular formula is C22H25N5O4S. The number of rotatable bonds is 8. The van der Waals surface area contributed by atoms with Gasteiger partial charge in [0.05, 0.1) is 24.1 Å². The summed E-state index contributed by atoms with van der Waals surface area (Å²) >= 11 is 1.57. The number of nitrogens with zero attached hydrogens (tertiary/aromatic N) is 4. The fourth-order valence-corrected chi connectivity index (χ4v) is 4.19. The van der Waals surface area contributed by atoms with E-state index in [1.54, 1.807) is 35.6 Å². The highest BCUT2D eigenvalue weighted by Gasteiger charge is 2.23. The van der Waals surface area contributed by atoms with Crippen molar-refractivity contribution in [1.82, 2.24) is 25.3 Å². The van der Waals surface area contributed by atoms with E-state index >= 15 is 0 Å². The molecular weight excluding hydrogens is 430 g/mol. The number of benzene rings is 1. The molecule has 0 aliphatic carbocycles. The molecule has 0 radical (unpaired) electrons. The van der Waals surface area contributed by atoms with Crippen molar-refractivity contribution < 1.29 is 18.8 Å². The number of hydrogen-bond donors (Lipinski definition) is 1. The molecule has 9 nitrogen and oxygen atoms in total. The number of piperazine rings is 1. The summed E-state index contributed by atoms with van der Waals surface area (Å²) in [4.78, 5) is 34.3. The van der Waals surface area contributed by atoms with E-state index in [-0.39, 0.29) is 24.8 Å². The minimum Gasteiger partial charge on any atom is -0.496 e. The van der Waals surface area contributed by atoms with Gasteiger partial charge in [-0.05, 0) is 23.6 Å². The van der Waals surface area contributed by atoms with E-state index in [0.29, 0.717) is 42.7 Å². The predicted molar refractivity (Wildman–Crippen MR) is 119 cm³/mol. The Balaban J connectivity index is 1.19. The van der Waals surface area contributed by atoms with Gasteiger partial charge in [-0.3, -0.25) is 14.5 Å². The van der Waals surface area contributed by atoms with Crippen LogP contribution in [0, 0.1) is 0 Å². The number of para-hydroxylation sites is 1. The van der Waals surface area contributed by atoms with Gasteiger partial charge in [-0.2, -0.15) is 4.98 Å². The maximum absolute atomic E-state index is 12.5. The quantitative estimate of drug-likeness (QED) is 0.556. The Morgan fingerprint density at radius 2 is 1.97 bits per heavy atom. The maximum atomic E-state index is 12.5. The minimum absolute atomic E-state index is 0.0303. The first-order valence-electron chi connectivity index (χ1n) is 10.4. The Kier molecular flexibility index (Phi) is 7.13. The summed E-state index contributed by atoms with van der Waals surface area (Å²) in [5.41, 5.74) is 0.458. The fraction of sp³-hybridized carbons (Fsp3) is 0.364. The van der Waals surface area contributed by atoms with Crippen LogP contribution in [0.1, 0.15) is 22.7 Å². The lowest BCUT2D eigenvalue weighted by Crippen LogP contribution is -2.48. The van der Waals surface area contributed by atoms with E-state index in [1.807, 2.05) is 22.4 Å². The van der Waals surface area contributed by atoms with Crippen LogP contribution in [-0.2, 0) is 11.3 Å². The largest absolute Gasteiger partial charge is 0.496 e. The molecule has 1 aromatic carbocycles. The van der Waals surface area contributed by atoms with Crippen molar-refractivity contribution in [3.05, 3.63) is 53.2 Å². The number of carbonyl (C=O) groups is 2. The van der Waals surface area contributed by atoms with Crippen molar-refractivity contribution in [3.63, 3.8) is 0 Å². The Labute approximate surface area is 190 Å². The minimum atomic E-state index is -0.249. The number of amides is 2. The number of methoxy groups -OCH3 is 1. The van der Waals surface area contributed by atoms with Crippen LogP contribution in [0.3, 0.4) is 0 Å². The summed E-state index contributed by atoms with van der Waals surface area (Å²) < 4.78 is 10.6. The first-order chi connectivity index (χ1) is 15.6. The molecule has 0 atom stereocenters. The maximum Gasteiger partial charge on any atom is 0.255 e. The molecule has 3 aromatic rings. The van der Waals surface area contributed by atoms with E-state index in [9.17, 15) is 9.59 Å². The standard InChI is InChI=1S/C22H25N5O4S/c1-30-17-6-3-2-5-16(17)22(29)23-9-8-20(28)27-12-10-26(11-13-27)15-19-24-21(25-31-19)18-7-4-14-32-18/h2-7,14H,8-13,15H2,1H3,(H,23,29). The SMILES string of the molecule is COc1ccccc1C(=O)NCCC(=O)N1CCN(Cc2nc(-c3cccs3)no2)CC1. The van der Waals surface area contributed by atoms with Crippen LogP contribution in [0.15, 0.2) is 46.3 Å². The molecule has 4 rings (SSSR count). The van der Waals surface area contributed by atoms with Gasteiger partial charge in [0.25, 0.3) is 5.91 Å². The number of hydrogen-bond acceptors (Lipinski definition) is 8. The highest BCUT2D eigenvalue weighted by Crippen LogP contribution is 2.22. The molecule has 1 aliphatic rings. The lowest BCUT2D eigenvalue weighted by molar-refractivity contribution is -0.132. The van der Waals surface area contributed by atoms with Gasteiger partial charge in [-0.1, -0.05) is 23.4 Å². The summed E-state index contributed by atoms with van der Waals surface area (Å²) in [6.45, 7) is 3.57. The van der Waals surface area contributed by atoms with E-state index in [1.165, 1.54) is 7.11 Å². The van der Waals surface area contributed by atoms with Gasteiger partial charge in [-0.25, -0.2) is 0 Å². The molecule has 0 bridgehead atoms. The van der Waals surface area contributed by atoms with Gasteiger partial charge in [0.1, 0.15) is 5.75 Å². The van der Waals surface area contributed by atoms with Gasteiger partial charge < -0.3 is 19.5 Å². The molecule has 0 unspecified atom stereocenters. The van der Waals surface area contributed by atoms with Crippen molar-refractivity contribution in [3.8, 4) is 16.5 Å². The van der Waals surface area contributed by atoms with Crippen LogP contribution in [0.25, 0.3) is 10.7 Å². The Morgan fingerprint density at radius 1 is 1.16 bits per heavy atom. The lowest BCUT2D eigenvalue weighted by Gasteiger charge is -2.34. The highest BCUT2D eigenvalue weighted by atomic mass is 32.1. The van der Waals surface area contributed by atoms with E-state index < -0.39 is 0 Å². The predicted octanol–water partition coefficient (Wildman–Crippen LogP) is 2.27. The van der Waals surface area contributed by atoms with Gasteiger partial charge in [-0.15, -0.1) is 11.3 Å². The Hall–Kier alpha value is -3.24. The zero-order valence-corrected chi connectivity index (χ0v) is 18.6. The molecule has 1 fully saturated rings. The number of nitrogens with one attached hydrogen (secondary N) is 1. The zero-order chi connectivity index (χ0) is 22.3. The summed E-state index contributed by atoms with van der Waals surface area (Å²) in [6, 6.07) is 10.9. The Bertz CT molecular complexity index is 1040. The summed E-state index contributed by atoms with van der Waals surface area (Å²) in [5, 5.41) is 8.81. The second kappa shape index (κ2) is 10.4. The topological polar surface area (TPSA) is 101 Å². The molecule has 1 saturated heterocycles. The second-order valence-electron chi connectivity index (χ2n) is 7.35. The van der Waals surface area contributed by atoms with Crippen LogP contribution < -0.4 is 10.1 Å². The number of aromatic nitrogens is 2. The fourth-order valence-electron chi connectivity index (χ4n) is 3.54. The summed E-state index contributed by atoms with van der Waals surface area (Å²) in [7, 11) is 1.52. The van der Waals surface area contributed by atoms with Crippen molar-refractivity contribution in [1.29, 1.82) is 0 Å². The highest BCUT2D eigenvalue weighted by molar-refractivity contribution is 7.13. The molecule has 2 amide bonds. The third kappa shape index (κ3) is 5.32. The number of thiophene rings is 1. The van der Waals surface area contributed by atoms with Crippen molar-refractivity contribution in [2.75, 3.05) is 39.8 Å². The van der Waals surface area contributed by atoms with Gasteiger partial charge in [0.2, 0.25) is 17.6 Å². The first kappa shape index (κ1) is 22.0. The van der Waals surface area contributed by atoms with Crippen molar-refractivity contribution in [2.24, 2.45) is 0 Å². The van der Waals surface area contributed by atoms with Gasteiger partial charge in [0, 0.05) is 39.1 Å². The van der Waals surface area contributed by atoms with E-state index in [4.69, 9.17) is 9.26 Å². The average Bonchev–Trinajstić information content (AvgIpc) is 3.51. The van der Waals surface area contributed by atoms with Crippen LogP contribution >= 0.6 is 11.3 Å². The number of carbonyl (C=O) groups excluding carboxylic acids is 2. The van der Waals surface area contributed by atoms with Gasteiger partial charge in [0.15, 0.2) is 0 Å². The second-order valence-corrected chi connectivity index (χ2v) is 8.30. The average molecular weight is 456 g/mol. The van der Waals surface area contributed by atoms with Crippen LogP contribution in [0.5, 0.6) is 5.75 Å². The third-order valence-electron chi connectivity index (χ3n) is 5.27. The van der Waals surface area contributed by atoms with Crippen LogP contribution in [0.4, 0.5) is 0 Å². The Morgan fingerprint density at radius 3 is 2.72 bits per heavy atom. The summed E-state index contributed by atoms with van der Waals surface area (Å²) in [6.07, 6.45) is 0.259. The molecule has 1 N–H and O–H groups in total. The monoisotopic (exact) mass is 455 g/mol. The number of ether oxygens (including phenoxy) is 1. The van der Waals surface area contributed by atoms with E-state index in [0.717, 1.165) is 18.0 Å². The van der Waals surface area contributed by atoms with E-state index in [2.05, 4.69) is 20.4 Å². The van der Waals surface area contributed by atoms with Crippen LogP contribution in [-0.4, -0.2) is 71.6 Å². The summed E-state index contributed by atoms with van der Waals surface area (Å²) in [5.74, 6) is 1.48. The molecule has 0 spiro atoms. The zero-order valence-electron chi connectivity index (χ0n) is 17.8. The molecule has 10 heteroatoms. The normalized spacial score (nSPS) is 14.3.